The Balaban J connectivity index is 2.13. The van der Waals surface area contributed by atoms with Crippen LogP contribution in [0.15, 0.2) is 46.8 Å². The first-order valence-corrected chi connectivity index (χ1v) is 10.5. The van der Waals surface area contributed by atoms with E-state index >= 15 is 0 Å². The van der Waals surface area contributed by atoms with Gasteiger partial charge in [-0.15, -0.1) is 0 Å². The van der Waals surface area contributed by atoms with Gasteiger partial charge in [-0.3, -0.25) is 9.59 Å². The lowest BCUT2D eigenvalue weighted by molar-refractivity contribution is -0.151. The molecule has 2 aliphatic rings. The first kappa shape index (κ1) is 23.5. The summed E-state index contributed by atoms with van der Waals surface area (Å²) in [7, 11) is 4.34. The molecule has 1 N–H and O–H groups in total. The summed E-state index contributed by atoms with van der Waals surface area (Å²) >= 11 is 0. The van der Waals surface area contributed by atoms with Gasteiger partial charge in [0.25, 0.3) is 0 Å². The minimum atomic E-state index is -0.933. The molecular formula is C24H29NO7. The van der Waals surface area contributed by atoms with E-state index in [0.717, 1.165) is 0 Å². The lowest BCUT2D eigenvalue weighted by Gasteiger charge is -2.38. The van der Waals surface area contributed by atoms with E-state index in [1.807, 2.05) is 13.0 Å². The fraction of sp³-hybridized carbons (Fsp3) is 0.458. The van der Waals surface area contributed by atoms with Crippen LogP contribution in [-0.4, -0.2) is 52.3 Å². The maximum absolute atomic E-state index is 13.6. The van der Waals surface area contributed by atoms with Gasteiger partial charge in [0.2, 0.25) is 0 Å². The van der Waals surface area contributed by atoms with E-state index in [0.29, 0.717) is 40.3 Å². The van der Waals surface area contributed by atoms with Crippen LogP contribution in [0.4, 0.5) is 0 Å². The third kappa shape index (κ3) is 4.41. The molecule has 3 atom stereocenters. The number of methoxy groups -OCH3 is 3. The summed E-state index contributed by atoms with van der Waals surface area (Å²) in [6, 6.07) is 7.20. The number of nitrogens with one attached hydrogen (secondary N) is 1. The van der Waals surface area contributed by atoms with Gasteiger partial charge in [0.15, 0.2) is 5.78 Å². The average molecular weight is 443 g/mol. The standard InChI is InChI=1S/C24H29NO7/c1-13-11-17-21(22(26)18(13)23(27)31-5)20(15-7-6-8-16(12-15)30-4)19(14(2)25-17)24(28)32-10-9-29-3/h6-8,12-13,18,20,25H,9-11H2,1-5H3/t13-,18-,20+/m1/s1. The van der Waals surface area contributed by atoms with Gasteiger partial charge in [0.05, 0.1) is 26.4 Å². The van der Waals surface area contributed by atoms with Crippen LogP contribution in [-0.2, 0) is 28.6 Å². The van der Waals surface area contributed by atoms with E-state index < -0.39 is 23.8 Å². The van der Waals surface area contributed by atoms with E-state index in [1.54, 1.807) is 32.2 Å². The number of hydrogen-bond acceptors (Lipinski definition) is 8. The highest BCUT2D eigenvalue weighted by atomic mass is 16.6. The number of esters is 2. The van der Waals surface area contributed by atoms with Crippen LogP contribution in [0.3, 0.4) is 0 Å². The van der Waals surface area contributed by atoms with Crippen LogP contribution in [0.2, 0.25) is 0 Å². The van der Waals surface area contributed by atoms with Crippen LogP contribution >= 0.6 is 0 Å². The van der Waals surface area contributed by atoms with Crippen molar-refractivity contribution in [3.63, 3.8) is 0 Å². The Morgan fingerprint density at radius 1 is 1.16 bits per heavy atom. The van der Waals surface area contributed by atoms with Gasteiger partial charge >= 0.3 is 11.9 Å². The van der Waals surface area contributed by atoms with Crippen molar-refractivity contribution >= 4 is 17.7 Å². The lowest BCUT2D eigenvalue weighted by atomic mass is 9.69. The van der Waals surface area contributed by atoms with Gasteiger partial charge in [-0.05, 0) is 37.0 Å². The fourth-order valence-corrected chi connectivity index (χ4v) is 4.40. The Morgan fingerprint density at radius 2 is 1.91 bits per heavy atom. The highest BCUT2D eigenvalue weighted by molar-refractivity contribution is 6.12. The van der Waals surface area contributed by atoms with Crippen molar-refractivity contribution < 1.29 is 33.3 Å². The molecule has 1 aromatic rings. The number of ketones is 1. The van der Waals surface area contributed by atoms with Crippen molar-refractivity contribution in [2.45, 2.75) is 26.2 Å². The van der Waals surface area contributed by atoms with Crippen molar-refractivity contribution in [1.29, 1.82) is 0 Å². The number of dihydropyridines is 1. The number of benzene rings is 1. The third-order valence-corrected chi connectivity index (χ3v) is 5.91. The van der Waals surface area contributed by atoms with Crippen molar-refractivity contribution in [3.8, 4) is 5.75 Å². The Morgan fingerprint density at radius 3 is 2.56 bits per heavy atom. The SMILES string of the molecule is COCCOC(=O)C1=C(C)NC2=C(C(=O)[C@H](C(=O)OC)[C@H](C)C2)[C@H]1c1cccc(OC)c1. The molecule has 1 aromatic carbocycles. The number of Topliss-reactive ketones (excluding diaryl/α,β-unsaturated/α-hetero) is 1. The average Bonchev–Trinajstić information content (AvgIpc) is 2.77. The molecule has 8 nitrogen and oxygen atoms in total. The molecule has 0 saturated carbocycles. The summed E-state index contributed by atoms with van der Waals surface area (Å²) < 4.78 is 20.7. The number of ether oxygens (including phenoxy) is 4. The highest BCUT2D eigenvalue weighted by Crippen LogP contribution is 2.45. The smallest absolute Gasteiger partial charge is 0.336 e. The normalized spacial score (nSPS) is 22.8. The first-order chi connectivity index (χ1) is 15.3. The zero-order valence-electron chi connectivity index (χ0n) is 19.0. The number of carbonyl (C=O) groups excluding carboxylic acids is 3. The van der Waals surface area contributed by atoms with Gasteiger partial charge in [-0.2, -0.15) is 0 Å². The zero-order valence-corrected chi connectivity index (χ0v) is 19.0. The topological polar surface area (TPSA) is 100 Å². The molecule has 0 aromatic heterocycles. The number of carbonyl (C=O) groups is 3. The van der Waals surface area contributed by atoms with Crippen LogP contribution in [0.1, 0.15) is 31.7 Å². The fourth-order valence-electron chi connectivity index (χ4n) is 4.40. The van der Waals surface area contributed by atoms with E-state index in [-0.39, 0.29) is 24.9 Å². The monoisotopic (exact) mass is 443 g/mol. The molecule has 0 amide bonds. The largest absolute Gasteiger partial charge is 0.497 e. The van der Waals surface area contributed by atoms with Gasteiger partial charge < -0.3 is 24.3 Å². The second-order valence-electron chi connectivity index (χ2n) is 7.94. The molecule has 0 spiro atoms. The molecule has 0 fully saturated rings. The van der Waals surface area contributed by atoms with Crippen LogP contribution < -0.4 is 10.1 Å². The Bertz CT molecular complexity index is 978. The van der Waals surface area contributed by atoms with Crippen LogP contribution in [0, 0.1) is 11.8 Å². The molecule has 0 saturated heterocycles. The number of hydrogen-bond donors (Lipinski definition) is 1. The van der Waals surface area contributed by atoms with Gasteiger partial charge in [-0.1, -0.05) is 19.1 Å². The van der Waals surface area contributed by atoms with Gasteiger partial charge in [0.1, 0.15) is 18.3 Å². The maximum Gasteiger partial charge on any atom is 0.336 e. The summed E-state index contributed by atoms with van der Waals surface area (Å²) in [5.41, 5.74) is 2.72. The molecule has 32 heavy (non-hydrogen) atoms. The molecule has 1 aliphatic carbocycles. The second kappa shape index (κ2) is 9.99. The van der Waals surface area contributed by atoms with Gasteiger partial charge in [0, 0.05) is 30.0 Å². The summed E-state index contributed by atoms with van der Waals surface area (Å²) in [4.78, 5) is 39.2. The van der Waals surface area contributed by atoms with Crippen molar-refractivity contribution in [2.75, 3.05) is 34.5 Å². The summed E-state index contributed by atoms with van der Waals surface area (Å²) in [6.45, 7) is 3.97. The Labute approximate surface area is 187 Å². The molecule has 0 radical (unpaired) electrons. The van der Waals surface area contributed by atoms with Gasteiger partial charge in [-0.25, -0.2) is 4.79 Å². The molecule has 8 heteroatoms. The van der Waals surface area contributed by atoms with E-state index in [4.69, 9.17) is 18.9 Å². The predicted octanol–water partition coefficient (Wildman–Crippen LogP) is 2.50. The first-order valence-electron chi connectivity index (χ1n) is 10.5. The molecule has 3 rings (SSSR count). The number of allylic oxidation sites excluding steroid dienone is 3. The highest BCUT2D eigenvalue weighted by Gasteiger charge is 2.47. The van der Waals surface area contributed by atoms with E-state index in [9.17, 15) is 14.4 Å². The third-order valence-electron chi connectivity index (χ3n) is 5.91. The quantitative estimate of drug-likeness (QED) is 0.390. The zero-order chi connectivity index (χ0) is 23.4. The molecule has 172 valence electrons. The molecular weight excluding hydrogens is 414 g/mol. The Kier molecular flexibility index (Phi) is 7.35. The molecule has 1 heterocycles. The molecule has 0 bridgehead atoms. The minimum absolute atomic E-state index is 0.0820. The van der Waals surface area contributed by atoms with Crippen molar-refractivity contribution in [1.82, 2.24) is 5.32 Å². The Hall–Kier alpha value is -3.13. The van der Waals surface area contributed by atoms with Crippen LogP contribution in [0.5, 0.6) is 5.75 Å². The van der Waals surface area contributed by atoms with E-state index in [2.05, 4.69) is 5.32 Å². The molecule has 1 aliphatic heterocycles. The van der Waals surface area contributed by atoms with Crippen molar-refractivity contribution in [3.05, 3.63) is 52.4 Å². The number of rotatable bonds is 7. The summed E-state index contributed by atoms with van der Waals surface area (Å²) in [6.07, 6.45) is 0.477. The summed E-state index contributed by atoms with van der Waals surface area (Å²) in [5, 5.41) is 3.23. The minimum Gasteiger partial charge on any atom is -0.497 e. The maximum atomic E-state index is 13.6. The van der Waals surface area contributed by atoms with Crippen LogP contribution in [0.25, 0.3) is 0 Å². The lowest BCUT2D eigenvalue weighted by Crippen LogP contribution is -2.43. The van der Waals surface area contributed by atoms with E-state index in [1.165, 1.54) is 14.2 Å². The van der Waals surface area contributed by atoms with Crippen molar-refractivity contribution in [2.24, 2.45) is 11.8 Å². The predicted molar refractivity (Wildman–Crippen MR) is 116 cm³/mol. The summed E-state index contributed by atoms with van der Waals surface area (Å²) in [5.74, 6) is -2.76. The molecule has 0 unspecified atom stereocenters. The second-order valence-corrected chi connectivity index (χ2v) is 7.94.